The predicted octanol–water partition coefficient (Wildman–Crippen LogP) is 2.93. The third-order valence-corrected chi connectivity index (χ3v) is 3.63. The highest BCUT2D eigenvalue weighted by Crippen LogP contribution is 2.27. The second-order valence-corrected chi connectivity index (χ2v) is 4.86. The van der Waals surface area contributed by atoms with E-state index >= 15 is 0 Å². The first-order chi connectivity index (χ1) is 9.76. The Labute approximate surface area is 122 Å². The van der Waals surface area contributed by atoms with Gasteiger partial charge < -0.3 is 0 Å². The van der Waals surface area contributed by atoms with E-state index < -0.39 is 0 Å². The minimum absolute atomic E-state index is 0.0984. The van der Waals surface area contributed by atoms with Crippen LogP contribution in [0.15, 0.2) is 41.3 Å². The Balaban J connectivity index is 2.37. The second kappa shape index (κ2) is 4.76. The van der Waals surface area contributed by atoms with E-state index in [0.29, 0.717) is 5.82 Å². The standard InChI is InChI=1S/C14H6BrN5/c15-11-3-1-2-10-9(11)4-5-18-14(10)20-8-19-12(6-16)13(20)7-17/h1-5,8H. The minimum Gasteiger partial charge on any atom is -0.272 e. The summed E-state index contributed by atoms with van der Waals surface area (Å²) in [5.74, 6) is 0.578. The van der Waals surface area contributed by atoms with E-state index in [1.165, 1.54) is 10.9 Å². The van der Waals surface area contributed by atoms with Gasteiger partial charge in [0.15, 0.2) is 11.4 Å². The molecule has 0 aliphatic rings. The molecule has 0 atom stereocenters. The maximum Gasteiger partial charge on any atom is 0.177 e. The molecule has 2 aromatic heterocycles. The summed E-state index contributed by atoms with van der Waals surface area (Å²) in [6, 6.07) is 11.5. The van der Waals surface area contributed by atoms with Crippen LogP contribution in [0.2, 0.25) is 0 Å². The van der Waals surface area contributed by atoms with Crippen LogP contribution in [0.4, 0.5) is 0 Å². The van der Waals surface area contributed by atoms with Crippen LogP contribution in [-0.4, -0.2) is 14.5 Å². The number of rotatable bonds is 1. The van der Waals surface area contributed by atoms with Crippen LogP contribution in [0, 0.1) is 22.7 Å². The van der Waals surface area contributed by atoms with E-state index in [2.05, 4.69) is 25.9 Å². The fraction of sp³-hybridized carbons (Fsp3) is 0. The number of benzene rings is 1. The molecule has 0 bridgehead atoms. The average Bonchev–Trinajstić information content (AvgIpc) is 2.90. The Kier molecular flexibility index (Phi) is 2.94. The highest BCUT2D eigenvalue weighted by molar-refractivity contribution is 9.10. The summed E-state index contributed by atoms with van der Waals surface area (Å²) >= 11 is 3.49. The van der Waals surface area contributed by atoms with Crippen LogP contribution in [0.3, 0.4) is 0 Å². The topological polar surface area (TPSA) is 78.3 Å². The van der Waals surface area contributed by atoms with E-state index in [4.69, 9.17) is 5.26 Å². The molecule has 94 valence electrons. The number of halogens is 1. The molecule has 0 spiro atoms. The Morgan fingerprint density at radius 3 is 2.65 bits per heavy atom. The van der Waals surface area contributed by atoms with E-state index in [1.807, 2.05) is 36.4 Å². The van der Waals surface area contributed by atoms with Crippen LogP contribution in [0.1, 0.15) is 11.4 Å². The molecule has 0 amide bonds. The summed E-state index contributed by atoms with van der Waals surface area (Å²) in [6.45, 7) is 0. The molecule has 3 rings (SSSR count). The van der Waals surface area contributed by atoms with Gasteiger partial charge in [-0.05, 0) is 12.1 Å². The molecule has 5 nitrogen and oxygen atoms in total. The van der Waals surface area contributed by atoms with E-state index in [-0.39, 0.29) is 11.4 Å². The molecule has 1 aromatic carbocycles. The van der Waals surface area contributed by atoms with Gasteiger partial charge in [0.2, 0.25) is 0 Å². The smallest absolute Gasteiger partial charge is 0.177 e. The summed E-state index contributed by atoms with van der Waals surface area (Å²) in [5, 5.41) is 20.0. The number of nitriles is 2. The van der Waals surface area contributed by atoms with E-state index in [9.17, 15) is 5.26 Å². The lowest BCUT2D eigenvalue weighted by atomic mass is 10.1. The summed E-state index contributed by atoms with van der Waals surface area (Å²) in [4.78, 5) is 8.25. The minimum atomic E-state index is 0.0984. The van der Waals surface area contributed by atoms with Gasteiger partial charge in [-0.3, -0.25) is 4.57 Å². The van der Waals surface area contributed by atoms with Gasteiger partial charge >= 0.3 is 0 Å². The largest absolute Gasteiger partial charge is 0.272 e. The van der Waals surface area contributed by atoms with Gasteiger partial charge in [-0.25, -0.2) is 9.97 Å². The van der Waals surface area contributed by atoms with Gasteiger partial charge in [0, 0.05) is 21.4 Å². The second-order valence-electron chi connectivity index (χ2n) is 4.00. The molecular formula is C14H6BrN5. The monoisotopic (exact) mass is 323 g/mol. The molecule has 0 fully saturated rings. The molecular weight excluding hydrogens is 318 g/mol. The van der Waals surface area contributed by atoms with Gasteiger partial charge in [0.1, 0.15) is 24.3 Å². The summed E-state index contributed by atoms with van der Waals surface area (Å²) < 4.78 is 2.48. The zero-order valence-corrected chi connectivity index (χ0v) is 11.7. The van der Waals surface area contributed by atoms with Crippen molar-refractivity contribution in [3.63, 3.8) is 0 Å². The summed E-state index contributed by atoms with van der Waals surface area (Å²) in [7, 11) is 0. The van der Waals surface area contributed by atoms with Gasteiger partial charge in [-0.2, -0.15) is 10.5 Å². The molecule has 20 heavy (non-hydrogen) atoms. The highest BCUT2D eigenvalue weighted by Gasteiger charge is 2.14. The van der Waals surface area contributed by atoms with Crippen molar-refractivity contribution in [2.45, 2.75) is 0 Å². The maximum atomic E-state index is 9.21. The Morgan fingerprint density at radius 2 is 1.90 bits per heavy atom. The van der Waals surface area contributed by atoms with Crippen molar-refractivity contribution >= 4 is 26.7 Å². The lowest BCUT2D eigenvalue weighted by molar-refractivity contribution is 0.990. The molecule has 0 saturated heterocycles. The number of fused-ring (bicyclic) bond motifs is 1. The normalized spacial score (nSPS) is 10.2. The van der Waals surface area contributed by atoms with Crippen molar-refractivity contribution in [2.24, 2.45) is 0 Å². The van der Waals surface area contributed by atoms with Gasteiger partial charge in [0.25, 0.3) is 0 Å². The van der Waals surface area contributed by atoms with E-state index in [1.54, 1.807) is 6.20 Å². The third kappa shape index (κ3) is 1.75. The lowest BCUT2D eigenvalue weighted by Crippen LogP contribution is -2.00. The molecule has 0 radical (unpaired) electrons. The first-order valence-electron chi connectivity index (χ1n) is 5.67. The number of imidazole rings is 1. The summed E-state index contributed by atoms with van der Waals surface area (Å²) in [5.41, 5.74) is 0.286. The third-order valence-electron chi connectivity index (χ3n) is 2.94. The van der Waals surface area contributed by atoms with Crippen molar-refractivity contribution in [2.75, 3.05) is 0 Å². The van der Waals surface area contributed by atoms with Crippen molar-refractivity contribution in [3.8, 4) is 18.0 Å². The molecule has 3 aromatic rings. The van der Waals surface area contributed by atoms with Crippen LogP contribution in [0.5, 0.6) is 0 Å². The van der Waals surface area contributed by atoms with Gasteiger partial charge in [-0.1, -0.05) is 28.1 Å². The Bertz CT molecular complexity index is 898. The molecule has 0 aliphatic heterocycles. The maximum absolute atomic E-state index is 9.21. The van der Waals surface area contributed by atoms with Gasteiger partial charge in [0.05, 0.1) is 0 Å². The molecule has 0 saturated carbocycles. The van der Waals surface area contributed by atoms with Crippen LogP contribution in [0.25, 0.3) is 16.6 Å². The highest BCUT2D eigenvalue weighted by atomic mass is 79.9. The predicted molar refractivity (Wildman–Crippen MR) is 76.0 cm³/mol. The van der Waals surface area contributed by atoms with Crippen molar-refractivity contribution in [3.05, 3.63) is 52.7 Å². The van der Waals surface area contributed by atoms with E-state index in [0.717, 1.165) is 15.2 Å². The quantitative estimate of drug-likeness (QED) is 0.689. The Hall–Kier alpha value is -2.70. The molecule has 6 heteroatoms. The molecule has 2 heterocycles. The fourth-order valence-corrected chi connectivity index (χ4v) is 2.54. The summed E-state index contributed by atoms with van der Waals surface area (Å²) in [6.07, 6.45) is 3.11. The van der Waals surface area contributed by atoms with Crippen molar-refractivity contribution in [1.82, 2.24) is 14.5 Å². The van der Waals surface area contributed by atoms with Crippen LogP contribution < -0.4 is 0 Å². The first-order valence-corrected chi connectivity index (χ1v) is 6.46. The number of hydrogen-bond acceptors (Lipinski definition) is 4. The molecule has 0 aliphatic carbocycles. The number of aromatic nitrogens is 3. The average molecular weight is 324 g/mol. The lowest BCUT2D eigenvalue weighted by Gasteiger charge is -2.08. The number of nitrogens with zero attached hydrogens (tertiary/aromatic N) is 5. The fourth-order valence-electron chi connectivity index (χ4n) is 2.04. The van der Waals surface area contributed by atoms with Crippen LogP contribution >= 0.6 is 15.9 Å². The molecule has 0 N–H and O–H groups in total. The zero-order valence-electron chi connectivity index (χ0n) is 10.1. The Morgan fingerprint density at radius 1 is 1.05 bits per heavy atom. The molecule has 0 unspecified atom stereocenters. The van der Waals surface area contributed by atoms with Gasteiger partial charge in [-0.15, -0.1) is 0 Å². The van der Waals surface area contributed by atoms with Crippen molar-refractivity contribution < 1.29 is 0 Å². The number of hydrogen-bond donors (Lipinski definition) is 0. The van der Waals surface area contributed by atoms with Crippen molar-refractivity contribution in [1.29, 1.82) is 10.5 Å². The SMILES string of the molecule is N#Cc1ncn(-c2nccc3c(Br)cccc23)c1C#N. The van der Waals surface area contributed by atoms with Crippen LogP contribution in [-0.2, 0) is 0 Å². The first kappa shape index (κ1) is 12.3. The number of pyridine rings is 1. The zero-order chi connectivity index (χ0) is 14.1.